The van der Waals surface area contributed by atoms with Gasteiger partial charge in [-0.25, -0.2) is 0 Å². The molecule has 4 nitrogen and oxygen atoms in total. The molecule has 4 rings (SSSR count). The summed E-state index contributed by atoms with van der Waals surface area (Å²) in [6, 6.07) is 17.9. The van der Waals surface area contributed by atoms with Crippen LogP contribution in [0, 0.1) is 12.8 Å². The van der Waals surface area contributed by atoms with Crippen molar-refractivity contribution in [1.82, 2.24) is 9.80 Å². The van der Waals surface area contributed by atoms with Crippen molar-refractivity contribution in [2.75, 3.05) is 26.2 Å². The Balaban J connectivity index is 1.60. The second-order valence-electron chi connectivity index (χ2n) is 8.03. The van der Waals surface area contributed by atoms with Crippen LogP contribution in [0.2, 0.25) is 0 Å². The van der Waals surface area contributed by atoms with Gasteiger partial charge in [-0.1, -0.05) is 48.5 Å². The average molecular weight is 377 g/mol. The number of likely N-dealkylation sites (tertiary alicyclic amines) is 2. The molecule has 0 radical (unpaired) electrons. The fraction of sp³-hybridized carbons (Fsp3) is 0.417. The summed E-state index contributed by atoms with van der Waals surface area (Å²) in [5, 5.41) is 0. The van der Waals surface area contributed by atoms with Gasteiger partial charge in [0.15, 0.2) is 0 Å². The molecule has 2 aliphatic rings. The number of carbonyl (C=O) groups excluding carboxylic acids is 2. The van der Waals surface area contributed by atoms with E-state index < -0.39 is 0 Å². The smallest absolute Gasteiger partial charge is 0.254 e. The quantitative estimate of drug-likeness (QED) is 0.816. The van der Waals surface area contributed by atoms with Crippen molar-refractivity contribution in [3.63, 3.8) is 0 Å². The monoisotopic (exact) mass is 376 g/mol. The molecule has 146 valence electrons. The van der Waals surface area contributed by atoms with Crippen LogP contribution in [-0.2, 0) is 4.79 Å². The van der Waals surface area contributed by atoms with Crippen LogP contribution in [0.1, 0.15) is 46.7 Å². The molecule has 0 bridgehead atoms. The van der Waals surface area contributed by atoms with E-state index in [4.69, 9.17) is 0 Å². The maximum atomic E-state index is 13.3. The van der Waals surface area contributed by atoms with E-state index in [1.807, 2.05) is 59.2 Å². The lowest BCUT2D eigenvalue weighted by atomic mass is 9.87. The Morgan fingerprint density at radius 2 is 1.50 bits per heavy atom. The van der Waals surface area contributed by atoms with Crippen molar-refractivity contribution in [2.24, 2.45) is 5.92 Å². The summed E-state index contributed by atoms with van der Waals surface area (Å²) < 4.78 is 0. The molecule has 2 aliphatic heterocycles. The van der Waals surface area contributed by atoms with E-state index in [1.165, 1.54) is 6.42 Å². The fourth-order valence-electron chi connectivity index (χ4n) is 4.59. The largest absolute Gasteiger partial charge is 0.342 e. The molecule has 4 heteroatoms. The Kier molecular flexibility index (Phi) is 5.47. The minimum Gasteiger partial charge on any atom is -0.342 e. The third kappa shape index (κ3) is 3.68. The summed E-state index contributed by atoms with van der Waals surface area (Å²) in [6.45, 7) is 4.77. The predicted molar refractivity (Wildman–Crippen MR) is 110 cm³/mol. The molecule has 0 aromatic heterocycles. The topological polar surface area (TPSA) is 40.6 Å². The van der Waals surface area contributed by atoms with Crippen molar-refractivity contribution >= 4 is 11.8 Å². The standard InChI is InChI=1S/C24H28N2O2/c1-18-10-6-7-13-20(18)23(27)26-16-21(19-11-4-2-5-12-19)22(17-26)24(28)25-14-8-3-9-15-25/h2,4-7,10-13,21-22H,3,8-9,14-17H2,1H3. The van der Waals surface area contributed by atoms with E-state index in [0.29, 0.717) is 13.1 Å². The summed E-state index contributed by atoms with van der Waals surface area (Å²) in [5.41, 5.74) is 2.87. The second kappa shape index (κ2) is 8.17. The lowest BCUT2D eigenvalue weighted by Crippen LogP contribution is -2.42. The van der Waals surface area contributed by atoms with Gasteiger partial charge in [0.1, 0.15) is 0 Å². The Hall–Kier alpha value is -2.62. The Labute approximate surface area is 167 Å². The van der Waals surface area contributed by atoms with Crippen LogP contribution >= 0.6 is 0 Å². The van der Waals surface area contributed by atoms with Crippen molar-refractivity contribution in [3.05, 3.63) is 71.3 Å². The zero-order valence-corrected chi connectivity index (χ0v) is 16.5. The Morgan fingerprint density at radius 3 is 2.21 bits per heavy atom. The van der Waals surface area contributed by atoms with Crippen LogP contribution in [0.4, 0.5) is 0 Å². The summed E-state index contributed by atoms with van der Waals surface area (Å²) in [5.74, 6) is 0.152. The highest BCUT2D eigenvalue weighted by molar-refractivity contribution is 5.96. The normalized spacial score (nSPS) is 22.3. The van der Waals surface area contributed by atoms with Crippen LogP contribution in [0.5, 0.6) is 0 Å². The molecule has 0 spiro atoms. The molecule has 2 atom stereocenters. The van der Waals surface area contributed by atoms with Gasteiger partial charge in [-0.2, -0.15) is 0 Å². The van der Waals surface area contributed by atoms with Crippen LogP contribution < -0.4 is 0 Å². The van der Waals surface area contributed by atoms with Crippen molar-refractivity contribution in [2.45, 2.75) is 32.1 Å². The lowest BCUT2D eigenvalue weighted by molar-refractivity contribution is -0.136. The van der Waals surface area contributed by atoms with E-state index in [-0.39, 0.29) is 23.7 Å². The molecular formula is C24H28N2O2. The molecule has 2 aromatic carbocycles. The maximum absolute atomic E-state index is 13.3. The highest BCUT2D eigenvalue weighted by Crippen LogP contribution is 2.35. The number of nitrogens with zero attached hydrogens (tertiary/aromatic N) is 2. The first-order valence-corrected chi connectivity index (χ1v) is 10.3. The number of rotatable bonds is 3. The molecule has 2 saturated heterocycles. The number of piperidine rings is 1. The van der Waals surface area contributed by atoms with E-state index in [2.05, 4.69) is 12.1 Å². The number of carbonyl (C=O) groups is 2. The summed E-state index contributed by atoms with van der Waals surface area (Å²) in [7, 11) is 0. The summed E-state index contributed by atoms with van der Waals surface area (Å²) in [6.07, 6.45) is 3.37. The van der Waals surface area contributed by atoms with Gasteiger partial charge < -0.3 is 9.80 Å². The molecule has 2 heterocycles. The Bertz CT molecular complexity index is 843. The van der Waals surface area contributed by atoms with Crippen molar-refractivity contribution in [1.29, 1.82) is 0 Å². The number of hydrogen-bond donors (Lipinski definition) is 0. The molecule has 2 amide bonds. The van der Waals surface area contributed by atoms with Gasteiger partial charge in [0.25, 0.3) is 5.91 Å². The molecule has 0 saturated carbocycles. The number of hydrogen-bond acceptors (Lipinski definition) is 2. The van der Waals surface area contributed by atoms with Crippen LogP contribution in [0.3, 0.4) is 0 Å². The SMILES string of the molecule is Cc1ccccc1C(=O)N1CC(C(=O)N2CCCCC2)C(c2ccccc2)C1. The minimum absolute atomic E-state index is 0.0352. The fourth-order valence-corrected chi connectivity index (χ4v) is 4.59. The van der Waals surface area contributed by atoms with Gasteiger partial charge in [0.05, 0.1) is 5.92 Å². The second-order valence-corrected chi connectivity index (χ2v) is 8.03. The number of amides is 2. The van der Waals surface area contributed by atoms with E-state index in [1.54, 1.807) is 0 Å². The molecule has 2 aromatic rings. The van der Waals surface area contributed by atoms with Crippen molar-refractivity contribution in [3.8, 4) is 0 Å². The van der Waals surface area contributed by atoms with Crippen LogP contribution in [0.25, 0.3) is 0 Å². The maximum Gasteiger partial charge on any atom is 0.254 e. The van der Waals surface area contributed by atoms with E-state index in [0.717, 1.165) is 42.6 Å². The third-order valence-electron chi connectivity index (χ3n) is 6.20. The van der Waals surface area contributed by atoms with Gasteiger partial charge >= 0.3 is 0 Å². The van der Waals surface area contributed by atoms with Gasteiger partial charge in [-0.3, -0.25) is 9.59 Å². The predicted octanol–water partition coefficient (Wildman–Crippen LogP) is 3.86. The highest BCUT2D eigenvalue weighted by Gasteiger charge is 2.42. The lowest BCUT2D eigenvalue weighted by Gasteiger charge is -2.30. The average Bonchev–Trinajstić information content (AvgIpc) is 3.20. The zero-order chi connectivity index (χ0) is 19.5. The number of aryl methyl sites for hydroxylation is 1. The van der Waals surface area contributed by atoms with Gasteiger partial charge in [0.2, 0.25) is 5.91 Å². The number of benzene rings is 2. The Morgan fingerprint density at radius 1 is 0.821 bits per heavy atom. The summed E-state index contributed by atoms with van der Waals surface area (Å²) in [4.78, 5) is 30.4. The zero-order valence-electron chi connectivity index (χ0n) is 16.5. The van der Waals surface area contributed by atoms with Gasteiger partial charge in [0, 0.05) is 37.7 Å². The first-order chi connectivity index (χ1) is 13.6. The van der Waals surface area contributed by atoms with Crippen molar-refractivity contribution < 1.29 is 9.59 Å². The van der Waals surface area contributed by atoms with Crippen LogP contribution in [0.15, 0.2) is 54.6 Å². The van der Waals surface area contributed by atoms with Gasteiger partial charge in [-0.15, -0.1) is 0 Å². The molecule has 0 aliphatic carbocycles. The minimum atomic E-state index is -0.159. The summed E-state index contributed by atoms with van der Waals surface area (Å²) >= 11 is 0. The molecule has 0 N–H and O–H groups in total. The van der Waals surface area contributed by atoms with E-state index >= 15 is 0 Å². The highest BCUT2D eigenvalue weighted by atomic mass is 16.2. The third-order valence-corrected chi connectivity index (χ3v) is 6.20. The van der Waals surface area contributed by atoms with Crippen LogP contribution in [-0.4, -0.2) is 47.8 Å². The first kappa shape index (κ1) is 18.7. The molecule has 2 unspecified atom stereocenters. The molecule has 2 fully saturated rings. The van der Waals surface area contributed by atoms with Gasteiger partial charge in [-0.05, 0) is 43.4 Å². The first-order valence-electron chi connectivity index (χ1n) is 10.3. The molecule has 28 heavy (non-hydrogen) atoms. The van der Waals surface area contributed by atoms with E-state index in [9.17, 15) is 9.59 Å². The molecular weight excluding hydrogens is 348 g/mol.